The van der Waals surface area contributed by atoms with Gasteiger partial charge in [0.25, 0.3) is 0 Å². The van der Waals surface area contributed by atoms with Crippen LogP contribution in [0.1, 0.15) is 14.5 Å². The van der Waals surface area contributed by atoms with Gasteiger partial charge in [-0.15, -0.1) is 11.3 Å². The van der Waals surface area contributed by atoms with E-state index in [0.717, 1.165) is 11.3 Å². The van der Waals surface area contributed by atoms with Gasteiger partial charge >= 0.3 is 11.9 Å². The first-order valence-electron chi connectivity index (χ1n) is 3.72. The first kappa shape index (κ1) is 10.5. The summed E-state index contributed by atoms with van der Waals surface area (Å²) in [6, 6.07) is 3.12. The van der Waals surface area contributed by atoms with Crippen LogP contribution >= 0.6 is 11.3 Å². The standard InChI is InChI=1S/C9H8O4S/c1-13-8(10)5-3-6-2-4-7(14-6)9(11)12/h2-5H,1H3,(H,11,12). The van der Waals surface area contributed by atoms with Crippen LogP contribution in [-0.2, 0) is 9.53 Å². The second-order valence-corrected chi connectivity index (χ2v) is 3.48. The van der Waals surface area contributed by atoms with Crippen LogP contribution in [0, 0.1) is 0 Å². The molecule has 0 saturated carbocycles. The third-order valence-corrected chi connectivity index (χ3v) is 2.46. The minimum Gasteiger partial charge on any atom is -0.477 e. The fourth-order valence-electron chi connectivity index (χ4n) is 0.776. The Morgan fingerprint density at radius 2 is 2.21 bits per heavy atom. The zero-order valence-electron chi connectivity index (χ0n) is 7.39. The lowest BCUT2D eigenvalue weighted by Crippen LogP contribution is -1.92. The summed E-state index contributed by atoms with van der Waals surface area (Å²) in [5, 5.41) is 8.62. The van der Waals surface area contributed by atoms with E-state index in [1.807, 2.05) is 0 Å². The molecule has 5 heteroatoms. The van der Waals surface area contributed by atoms with E-state index >= 15 is 0 Å². The van der Waals surface area contributed by atoms with Crippen LogP contribution in [0.2, 0.25) is 0 Å². The van der Waals surface area contributed by atoms with Gasteiger partial charge in [-0.3, -0.25) is 0 Å². The number of carboxylic acids is 1. The van der Waals surface area contributed by atoms with Gasteiger partial charge in [0, 0.05) is 11.0 Å². The largest absolute Gasteiger partial charge is 0.477 e. The Balaban J connectivity index is 2.73. The van der Waals surface area contributed by atoms with Gasteiger partial charge in [0.15, 0.2) is 0 Å². The van der Waals surface area contributed by atoms with E-state index < -0.39 is 11.9 Å². The quantitative estimate of drug-likeness (QED) is 0.611. The molecule has 1 heterocycles. The number of carbonyl (C=O) groups is 2. The SMILES string of the molecule is COC(=O)C=Cc1ccc(C(=O)O)s1. The summed E-state index contributed by atoms with van der Waals surface area (Å²) < 4.78 is 4.39. The Bertz CT molecular complexity index is 378. The number of hydrogen-bond donors (Lipinski definition) is 1. The molecule has 0 aliphatic heterocycles. The molecule has 0 unspecified atom stereocenters. The third-order valence-electron chi connectivity index (χ3n) is 1.42. The summed E-state index contributed by atoms with van der Waals surface area (Å²) in [6.45, 7) is 0. The Kier molecular flexibility index (Phi) is 3.41. The maximum atomic E-state index is 10.7. The van der Waals surface area contributed by atoms with Crippen LogP contribution in [-0.4, -0.2) is 24.2 Å². The Morgan fingerprint density at radius 1 is 1.50 bits per heavy atom. The zero-order valence-corrected chi connectivity index (χ0v) is 8.21. The van der Waals surface area contributed by atoms with Crippen molar-refractivity contribution in [2.75, 3.05) is 7.11 Å². The number of hydrogen-bond acceptors (Lipinski definition) is 4. The van der Waals surface area contributed by atoms with E-state index in [4.69, 9.17) is 5.11 Å². The maximum absolute atomic E-state index is 10.7. The van der Waals surface area contributed by atoms with E-state index in [0.29, 0.717) is 4.88 Å². The first-order chi connectivity index (χ1) is 6.63. The monoisotopic (exact) mass is 212 g/mol. The van der Waals surface area contributed by atoms with Gasteiger partial charge in [-0.1, -0.05) is 0 Å². The molecule has 74 valence electrons. The van der Waals surface area contributed by atoms with Crippen molar-refractivity contribution in [3.8, 4) is 0 Å². The average Bonchev–Trinajstić information content (AvgIpc) is 2.62. The van der Waals surface area contributed by atoms with Crippen molar-refractivity contribution >= 4 is 29.4 Å². The molecule has 14 heavy (non-hydrogen) atoms. The minimum atomic E-state index is -0.965. The molecule has 1 aromatic heterocycles. The van der Waals surface area contributed by atoms with Gasteiger partial charge in [-0.2, -0.15) is 0 Å². The molecule has 1 rings (SSSR count). The fraction of sp³-hybridized carbons (Fsp3) is 0.111. The Morgan fingerprint density at radius 3 is 2.71 bits per heavy atom. The molecule has 0 aliphatic carbocycles. The number of methoxy groups -OCH3 is 1. The fourth-order valence-corrected chi connectivity index (χ4v) is 1.53. The van der Waals surface area contributed by atoms with Gasteiger partial charge < -0.3 is 9.84 Å². The molecule has 0 radical (unpaired) electrons. The number of carboxylic acid groups (broad SMARTS) is 1. The lowest BCUT2D eigenvalue weighted by molar-refractivity contribution is -0.134. The van der Waals surface area contributed by atoms with Crippen molar-refractivity contribution in [1.82, 2.24) is 0 Å². The second-order valence-electron chi connectivity index (χ2n) is 2.36. The first-order valence-corrected chi connectivity index (χ1v) is 4.54. The zero-order chi connectivity index (χ0) is 10.6. The molecule has 0 aliphatic rings. The lowest BCUT2D eigenvalue weighted by atomic mass is 10.4. The molecule has 4 nitrogen and oxygen atoms in total. The highest BCUT2D eigenvalue weighted by Crippen LogP contribution is 2.17. The van der Waals surface area contributed by atoms with E-state index in [-0.39, 0.29) is 4.88 Å². The topological polar surface area (TPSA) is 63.6 Å². The molecule has 1 aromatic rings. The van der Waals surface area contributed by atoms with E-state index in [9.17, 15) is 9.59 Å². The van der Waals surface area contributed by atoms with Gasteiger partial charge in [0.1, 0.15) is 4.88 Å². The highest BCUT2D eigenvalue weighted by Gasteiger charge is 2.04. The minimum absolute atomic E-state index is 0.245. The number of aromatic carboxylic acids is 1. The van der Waals surface area contributed by atoms with Crippen LogP contribution in [0.15, 0.2) is 18.2 Å². The van der Waals surface area contributed by atoms with Crippen LogP contribution in [0.3, 0.4) is 0 Å². The molecule has 0 aromatic carbocycles. The number of ether oxygens (including phenoxy) is 1. The smallest absolute Gasteiger partial charge is 0.345 e. The van der Waals surface area contributed by atoms with Gasteiger partial charge in [-0.05, 0) is 18.2 Å². The molecular formula is C9H8O4S. The van der Waals surface area contributed by atoms with Crippen molar-refractivity contribution in [2.24, 2.45) is 0 Å². The highest BCUT2D eigenvalue weighted by atomic mass is 32.1. The summed E-state index contributed by atoms with van der Waals surface area (Å²) in [5.41, 5.74) is 0. The maximum Gasteiger partial charge on any atom is 0.345 e. The number of rotatable bonds is 3. The molecule has 0 spiro atoms. The Hall–Kier alpha value is -1.62. The molecule has 0 fully saturated rings. The summed E-state index contributed by atoms with van der Waals surface area (Å²) in [5.74, 6) is -1.43. The molecular weight excluding hydrogens is 204 g/mol. The van der Waals surface area contributed by atoms with Crippen LogP contribution < -0.4 is 0 Å². The summed E-state index contributed by atoms with van der Waals surface area (Å²) in [4.78, 5) is 22.2. The molecule has 0 atom stereocenters. The average molecular weight is 212 g/mol. The predicted octanol–water partition coefficient (Wildman–Crippen LogP) is 1.63. The van der Waals surface area contributed by atoms with E-state index in [2.05, 4.69) is 4.74 Å². The van der Waals surface area contributed by atoms with E-state index in [1.54, 1.807) is 6.07 Å². The van der Waals surface area contributed by atoms with Crippen LogP contribution in [0.25, 0.3) is 6.08 Å². The molecule has 1 N–H and O–H groups in total. The summed E-state index contributed by atoms with van der Waals surface area (Å²) in [6.07, 6.45) is 2.76. The molecule has 0 bridgehead atoms. The lowest BCUT2D eigenvalue weighted by Gasteiger charge is -1.87. The summed E-state index contributed by atoms with van der Waals surface area (Å²) >= 11 is 1.10. The van der Waals surface area contributed by atoms with Crippen molar-refractivity contribution in [1.29, 1.82) is 0 Å². The van der Waals surface area contributed by atoms with Gasteiger partial charge in [0.05, 0.1) is 7.11 Å². The van der Waals surface area contributed by atoms with Crippen molar-refractivity contribution in [3.63, 3.8) is 0 Å². The normalized spacial score (nSPS) is 10.4. The molecule has 0 amide bonds. The van der Waals surface area contributed by atoms with Crippen molar-refractivity contribution in [3.05, 3.63) is 28.0 Å². The number of thiophene rings is 1. The van der Waals surface area contributed by atoms with E-state index in [1.165, 1.54) is 25.3 Å². The Labute approximate surface area is 84.4 Å². The van der Waals surface area contributed by atoms with Gasteiger partial charge in [0.2, 0.25) is 0 Å². The van der Waals surface area contributed by atoms with Crippen LogP contribution in [0.5, 0.6) is 0 Å². The third kappa shape index (κ3) is 2.70. The van der Waals surface area contributed by atoms with Crippen LogP contribution in [0.4, 0.5) is 0 Å². The second kappa shape index (κ2) is 4.57. The summed E-state index contributed by atoms with van der Waals surface area (Å²) in [7, 11) is 1.28. The number of carbonyl (C=O) groups excluding carboxylic acids is 1. The van der Waals surface area contributed by atoms with Crippen molar-refractivity contribution < 1.29 is 19.4 Å². The highest BCUT2D eigenvalue weighted by molar-refractivity contribution is 7.14. The number of esters is 1. The predicted molar refractivity (Wildman–Crippen MR) is 52.3 cm³/mol. The molecule has 0 saturated heterocycles. The van der Waals surface area contributed by atoms with Crippen molar-refractivity contribution in [2.45, 2.75) is 0 Å². The van der Waals surface area contributed by atoms with Gasteiger partial charge in [-0.25, -0.2) is 9.59 Å².